The summed E-state index contributed by atoms with van der Waals surface area (Å²) >= 11 is 0. The molecule has 6 nitrogen and oxygen atoms in total. The monoisotopic (exact) mass is 284 g/mol. The first kappa shape index (κ1) is 15.1. The number of carboxylic acids is 1. The molecule has 2 fully saturated rings. The van der Waals surface area contributed by atoms with Crippen molar-refractivity contribution in [2.75, 3.05) is 20.3 Å². The third kappa shape index (κ3) is 3.06. The molecule has 1 heterocycles. The quantitative estimate of drug-likeness (QED) is 0.822. The summed E-state index contributed by atoms with van der Waals surface area (Å²) in [6, 6.07) is -0.265. The van der Waals surface area contributed by atoms with Crippen molar-refractivity contribution in [3.63, 3.8) is 0 Å². The van der Waals surface area contributed by atoms with E-state index in [-0.39, 0.29) is 12.1 Å². The van der Waals surface area contributed by atoms with Gasteiger partial charge in [-0.05, 0) is 25.2 Å². The van der Waals surface area contributed by atoms with E-state index in [1.54, 1.807) is 11.9 Å². The van der Waals surface area contributed by atoms with Gasteiger partial charge in [-0.2, -0.15) is 0 Å². The first-order valence-electron chi connectivity index (χ1n) is 7.31. The van der Waals surface area contributed by atoms with E-state index in [0.29, 0.717) is 32.0 Å². The van der Waals surface area contributed by atoms with Crippen LogP contribution in [0.5, 0.6) is 0 Å². The molecule has 2 N–H and O–H groups in total. The highest BCUT2D eigenvalue weighted by atomic mass is 16.5. The van der Waals surface area contributed by atoms with E-state index in [1.165, 1.54) is 0 Å². The summed E-state index contributed by atoms with van der Waals surface area (Å²) in [5.41, 5.74) is -1.11. The highest BCUT2D eigenvalue weighted by molar-refractivity contribution is 5.86. The highest BCUT2D eigenvalue weighted by Gasteiger charge is 2.44. The lowest BCUT2D eigenvalue weighted by Crippen LogP contribution is -2.60. The average molecular weight is 284 g/mol. The molecule has 0 radical (unpaired) electrons. The molecular formula is C14H24N2O4. The fourth-order valence-electron chi connectivity index (χ4n) is 3.20. The Morgan fingerprint density at radius 1 is 1.40 bits per heavy atom. The maximum atomic E-state index is 12.3. The van der Waals surface area contributed by atoms with Crippen molar-refractivity contribution in [2.24, 2.45) is 5.92 Å². The van der Waals surface area contributed by atoms with Crippen molar-refractivity contribution in [1.29, 1.82) is 0 Å². The summed E-state index contributed by atoms with van der Waals surface area (Å²) in [5, 5.41) is 12.3. The second-order valence-electron chi connectivity index (χ2n) is 6.15. The maximum absolute atomic E-state index is 12.3. The van der Waals surface area contributed by atoms with Crippen LogP contribution in [-0.2, 0) is 9.53 Å². The predicted octanol–water partition coefficient (Wildman–Crippen LogP) is 1.45. The van der Waals surface area contributed by atoms with Crippen LogP contribution in [0.25, 0.3) is 0 Å². The van der Waals surface area contributed by atoms with Gasteiger partial charge in [-0.1, -0.05) is 19.8 Å². The number of likely N-dealkylation sites (N-methyl/N-ethyl adjacent to an activating group) is 1. The van der Waals surface area contributed by atoms with E-state index in [4.69, 9.17) is 4.74 Å². The van der Waals surface area contributed by atoms with Gasteiger partial charge in [0, 0.05) is 13.7 Å². The Balaban J connectivity index is 2.03. The van der Waals surface area contributed by atoms with Gasteiger partial charge in [-0.15, -0.1) is 0 Å². The van der Waals surface area contributed by atoms with Crippen LogP contribution in [0.2, 0.25) is 0 Å². The van der Waals surface area contributed by atoms with Gasteiger partial charge in [0.2, 0.25) is 0 Å². The van der Waals surface area contributed by atoms with Crippen LogP contribution in [0, 0.1) is 5.92 Å². The molecule has 0 spiro atoms. The van der Waals surface area contributed by atoms with Crippen molar-refractivity contribution >= 4 is 12.0 Å². The van der Waals surface area contributed by atoms with Gasteiger partial charge in [0.15, 0.2) is 0 Å². The number of carbonyl (C=O) groups excluding carboxylic acids is 1. The molecule has 1 aliphatic heterocycles. The lowest BCUT2D eigenvalue weighted by atomic mass is 9.76. The van der Waals surface area contributed by atoms with E-state index in [0.717, 1.165) is 19.3 Å². The second kappa shape index (κ2) is 5.99. The topological polar surface area (TPSA) is 78.9 Å². The zero-order valence-corrected chi connectivity index (χ0v) is 12.2. The number of carbonyl (C=O) groups is 2. The van der Waals surface area contributed by atoms with Gasteiger partial charge >= 0.3 is 12.0 Å². The molecular weight excluding hydrogens is 260 g/mol. The summed E-state index contributed by atoms with van der Waals surface area (Å²) < 4.78 is 5.27. The minimum absolute atomic E-state index is 0.0434. The maximum Gasteiger partial charge on any atom is 0.329 e. The van der Waals surface area contributed by atoms with Gasteiger partial charge in [-0.25, -0.2) is 9.59 Å². The standard InChI is InChI=1S/C14H24N2O4/c1-10-4-3-6-14(8-10,12(17)18)15-13(19)16(2)11-5-7-20-9-11/h10-11H,3-9H2,1-2H3,(H,15,19)(H,17,18). The largest absolute Gasteiger partial charge is 0.480 e. The Kier molecular flexibility index (Phi) is 4.52. The number of nitrogens with zero attached hydrogens (tertiary/aromatic N) is 1. The molecule has 1 aliphatic carbocycles. The smallest absolute Gasteiger partial charge is 0.329 e. The fraction of sp³-hybridized carbons (Fsp3) is 0.857. The molecule has 6 heteroatoms. The predicted molar refractivity (Wildman–Crippen MR) is 73.5 cm³/mol. The van der Waals surface area contributed by atoms with Crippen molar-refractivity contribution in [3.8, 4) is 0 Å². The lowest BCUT2D eigenvalue weighted by Gasteiger charge is -2.38. The normalized spacial score (nSPS) is 33.7. The highest BCUT2D eigenvalue weighted by Crippen LogP contribution is 2.32. The van der Waals surface area contributed by atoms with Crippen molar-refractivity contribution in [2.45, 2.75) is 50.6 Å². The van der Waals surface area contributed by atoms with Crippen LogP contribution in [-0.4, -0.2) is 53.8 Å². The van der Waals surface area contributed by atoms with Gasteiger partial charge in [-0.3, -0.25) is 0 Å². The van der Waals surface area contributed by atoms with Crippen LogP contribution >= 0.6 is 0 Å². The first-order chi connectivity index (χ1) is 9.44. The van der Waals surface area contributed by atoms with Gasteiger partial charge in [0.1, 0.15) is 5.54 Å². The SMILES string of the molecule is CC1CCCC(NC(=O)N(C)C2CCOC2)(C(=O)O)C1. The van der Waals surface area contributed by atoms with Crippen LogP contribution < -0.4 is 5.32 Å². The number of aliphatic carboxylic acids is 1. The third-order valence-corrected chi connectivity index (χ3v) is 4.53. The number of hydrogen-bond acceptors (Lipinski definition) is 3. The number of carboxylic acid groups (broad SMARTS) is 1. The third-order valence-electron chi connectivity index (χ3n) is 4.53. The minimum Gasteiger partial charge on any atom is -0.480 e. The molecule has 1 saturated carbocycles. The Hall–Kier alpha value is -1.30. The lowest BCUT2D eigenvalue weighted by molar-refractivity contribution is -0.146. The number of nitrogens with one attached hydrogen (secondary N) is 1. The Morgan fingerprint density at radius 3 is 2.70 bits per heavy atom. The molecule has 1 saturated heterocycles. The van der Waals surface area contributed by atoms with E-state index >= 15 is 0 Å². The Bertz CT molecular complexity index is 381. The molecule has 2 rings (SSSR count). The number of amides is 2. The van der Waals surface area contributed by atoms with Crippen molar-refractivity contribution < 1.29 is 19.4 Å². The van der Waals surface area contributed by atoms with Crippen LogP contribution in [0.1, 0.15) is 39.0 Å². The summed E-state index contributed by atoms with van der Waals surface area (Å²) in [4.78, 5) is 25.5. The molecule has 3 atom stereocenters. The van der Waals surface area contributed by atoms with E-state index < -0.39 is 11.5 Å². The second-order valence-corrected chi connectivity index (χ2v) is 6.15. The molecule has 0 aromatic heterocycles. The molecule has 114 valence electrons. The minimum atomic E-state index is -1.11. The van der Waals surface area contributed by atoms with Gasteiger partial charge in [0.25, 0.3) is 0 Å². The zero-order chi connectivity index (χ0) is 14.8. The summed E-state index contributed by atoms with van der Waals surface area (Å²) in [6.45, 7) is 3.22. The van der Waals surface area contributed by atoms with Crippen LogP contribution in [0.15, 0.2) is 0 Å². The van der Waals surface area contributed by atoms with E-state index in [9.17, 15) is 14.7 Å². The van der Waals surface area contributed by atoms with Crippen LogP contribution in [0.3, 0.4) is 0 Å². The van der Waals surface area contributed by atoms with Crippen LogP contribution in [0.4, 0.5) is 4.79 Å². The average Bonchev–Trinajstić information content (AvgIpc) is 2.91. The molecule has 0 aromatic carbocycles. The fourth-order valence-corrected chi connectivity index (χ4v) is 3.20. The Labute approximate surface area is 119 Å². The van der Waals surface area contributed by atoms with Crippen molar-refractivity contribution in [1.82, 2.24) is 10.2 Å². The number of ether oxygens (including phenoxy) is 1. The van der Waals surface area contributed by atoms with E-state index in [2.05, 4.69) is 5.32 Å². The van der Waals surface area contributed by atoms with E-state index in [1.807, 2.05) is 6.92 Å². The number of rotatable bonds is 3. The molecule has 3 unspecified atom stereocenters. The molecule has 2 aliphatic rings. The summed E-state index contributed by atoms with van der Waals surface area (Å²) in [5.74, 6) is -0.603. The summed E-state index contributed by atoms with van der Waals surface area (Å²) in [7, 11) is 1.70. The molecule has 0 bridgehead atoms. The molecule has 20 heavy (non-hydrogen) atoms. The zero-order valence-electron chi connectivity index (χ0n) is 12.2. The van der Waals surface area contributed by atoms with Gasteiger partial charge < -0.3 is 20.1 Å². The molecule has 2 amide bonds. The Morgan fingerprint density at radius 2 is 2.15 bits per heavy atom. The van der Waals surface area contributed by atoms with Gasteiger partial charge in [0.05, 0.1) is 12.6 Å². The van der Waals surface area contributed by atoms with Crippen molar-refractivity contribution in [3.05, 3.63) is 0 Å². The molecule has 0 aromatic rings. The first-order valence-corrected chi connectivity index (χ1v) is 7.31. The number of urea groups is 1. The number of hydrogen-bond donors (Lipinski definition) is 2. The summed E-state index contributed by atoms with van der Waals surface area (Å²) in [6.07, 6.45) is 3.68.